The van der Waals surface area contributed by atoms with E-state index in [0.717, 1.165) is 57.8 Å². The van der Waals surface area contributed by atoms with Gasteiger partial charge in [0.15, 0.2) is 12.4 Å². The van der Waals surface area contributed by atoms with Gasteiger partial charge in [-0.1, -0.05) is 142 Å². The molecule has 0 bridgehead atoms. The van der Waals surface area contributed by atoms with Gasteiger partial charge in [0.1, 0.15) is 31.0 Å². The van der Waals surface area contributed by atoms with Gasteiger partial charge in [-0.15, -0.1) is 0 Å². The second kappa shape index (κ2) is 33.0. The van der Waals surface area contributed by atoms with E-state index in [1.54, 1.807) is 0 Å². The van der Waals surface area contributed by atoms with Crippen LogP contribution >= 0.6 is 0 Å². The number of aliphatic hydroxyl groups excluding tert-OH is 4. The van der Waals surface area contributed by atoms with E-state index in [9.17, 15) is 30.0 Å². The van der Waals surface area contributed by atoms with E-state index in [2.05, 4.69) is 26.0 Å². The molecule has 10 nitrogen and oxygen atoms in total. The first-order chi connectivity index (χ1) is 24.8. The average Bonchev–Trinajstić information content (AvgIpc) is 3.13. The molecule has 0 spiro atoms. The molecule has 0 amide bonds. The molecule has 0 aromatic heterocycles. The maximum Gasteiger partial charge on any atom is 0.306 e. The summed E-state index contributed by atoms with van der Waals surface area (Å²) in [6.45, 7) is 3.39. The van der Waals surface area contributed by atoms with Gasteiger partial charge in [-0.3, -0.25) is 9.59 Å². The van der Waals surface area contributed by atoms with Crippen LogP contribution < -0.4 is 0 Å². The molecule has 0 saturated carbocycles. The van der Waals surface area contributed by atoms with Crippen LogP contribution in [0.4, 0.5) is 0 Å². The maximum absolute atomic E-state index is 12.7. The number of ether oxygens (including phenoxy) is 4. The van der Waals surface area contributed by atoms with Crippen molar-refractivity contribution in [2.75, 3.05) is 19.8 Å². The van der Waals surface area contributed by atoms with Crippen molar-refractivity contribution in [2.45, 2.75) is 218 Å². The van der Waals surface area contributed by atoms with Crippen LogP contribution in [0.15, 0.2) is 12.2 Å². The summed E-state index contributed by atoms with van der Waals surface area (Å²) < 4.78 is 22.1. The second-order valence-corrected chi connectivity index (χ2v) is 14.4. The van der Waals surface area contributed by atoms with Crippen molar-refractivity contribution in [3.05, 3.63) is 12.2 Å². The molecule has 51 heavy (non-hydrogen) atoms. The summed E-state index contributed by atoms with van der Waals surface area (Å²) >= 11 is 0. The Hall–Kier alpha value is -1.56. The zero-order valence-corrected chi connectivity index (χ0v) is 32.4. The molecule has 0 aliphatic carbocycles. The van der Waals surface area contributed by atoms with Gasteiger partial charge in [-0.2, -0.15) is 0 Å². The van der Waals surface area contributed by atoms with Crippen molar-refractivity contribution in [2.24, 2.45) is 0 Å². The van der Waals surface area contributed by atoms with E-state index in [0.29, 0.717) is 6.42 Å². The molecule has 6 atom stereocenters. The van der Waals surface area contributed by atoms with Gasteiger partial charge in [0.25, 0.3) is 0 Å². The van der Waals surface area contributed by atoms with Crippen molar-refractivity contribution < 1.29 is 49.0 Å². The molecular weight excluding hydrogens is 652 g/mol. The highest BCUT2D eigenvalue weighted by molar-refractivity contribution is 5.70. The predicted molar refractivity (Wildman–Crippen MR) is 201 cm³/mol. The lowest BCUT2D eigenvalue weighted by Crippen LogP contribution is -2.59. The summed E-state index contributed by atoms with van der Waals surface area (Å²) in [5.41, 5.74) is 0. The lowest BCUT2D eigenvalue weighted by Gasteiger charge is -2.39. The molecule has 1 aliphatic heterocycles. The molecule has 1 saturated heterocycles. The molecule has 0 aromatic rings. The van der Waals surface area contributed by atoms with Crippen LogP contribution in [-0.4, -0.2) is 89.0 Å². The van der Waals surface area contributed by atoms with Gasteiger partial charge in [-0.25, -0.2) is 0 Å². The van der Waals surface area contributed by atoms with E-state index in [1.807, 2.05) is 0 Å². The highest BCUT2D eigenvalue weighted by Crippen LogP contribution is 2.22. The van der Waals surface area contributed by atoms with Crippen LogP contribution in [0.3, 0.4) is 0 Å². The fourth-order valence-electron chi connectivity index (χ4n) is 6.30. The molecule has 1 aliphatic rings. The number of hydrogen-bond donors (Lipinski definition) is 4. The summed E-state index contributed by atoms with van der Waals surface area (Å²) in [5, 5.41) is 39.9. The molecule has 10 heteroatoms. The van der Waals surface area contributed by atoms with Crippen molar-refractivity contribution in [3.8, 4) is 0 Å². The third-order valence-electron chi connectivity index (χ3n) is 9.65. The maximum atomic E-state index is 12.7. The Morgan fingerprint density at radius 2 is 1.04 bits per heavy atom. The fraction of sp³-hybridized carbons (Fsp3) is 0.902. The molecule has 4 N–H and O–H groups in total. The third kappa shape index (κ3) is 25.2. The minimum Gasteiger partial charge on any atom is -0.462 e. The van der Waals surface area contributed by atoms with Gasteiger partial charge in [0, 0.05) is 12.8 Å². The first kappa shape index (κ1) is 47.5. The number of esters is 2. The largest absolute Gasteiger partial charge is 0.462 e. The number of rotatable bonds is 34. The van der Waals surface area contributed by atoms with Gasteiger partial charge in [0.2, 0.25) is 0 Å². The number of allylic oxidation sites excluding steroid dienone is 2. The Balaban J connectivity index is 2.36. The highest BCUT2D eigenvalue weighted by atomic mass is 16.7. The molecule has 1 rings (SSSR count). The third-order valence-corrected chi connectivity index (χ3v) is 9.65. The topological polar surface area (TPSA) is 152 Å². The van der Waals surface area contributed by atoms with Crippen LogP contribution in [0.25, 0.3) is 0 Å². The molecular formula is C41H76O10. The molecule has 300 valence electrons. The van der Waals surface area contributed by atoms with Gasteiger partial charge in [-0.05, 0) is 38.5 Å². The summed E-state index contributed by atoms with van der Waals surface area (Å²) in [7, 11) is 0. The fourth-order valence-corrected chi connectivity index (χ4v) is 6.30. The molecule has 1 heterocycles. The smallest absolute Gasteiger partial charge is 0.306 e. The van der Waals surface area contributed by atoms with Crippen molar-refractivity contribution >= 4 is 11.9 Å². The average molecular weight is 729 g/mol. The standard InChI is InChI=1S/C41H76O10/c1-3-5-7-9-11-13-15-17-18-20-21-23-25-27-29-36(43)48-32-34(33-49-41-40(47)39(46)38(45)35(31-42)51-41)50-37(44)30-28-26-24-22-19-16-14-12-10-8-6-4-2/h12,14,34-35,38-42,45-47H,3-11,13,15-33H2,1-2H3/b14-12-. The quantitative estimate of drug-likeness (QED) is 0.0291. The Labute approximate surface area is 310 Å². The summed E-state index contributed by atoms with van der Waals surface area (Å²) in [5.74, 6) is -0.811. The van der Waals surface area contributed by atoms with Crippen molar-refractivity contribution in [1.82, 2.24) is 0 Å². The Morgan fingerprint density at radius 1 is 0.588 bits per heavy atom. The van der Waals surface area contributed by atoms with Crippen molar-refractivity contribution in [3.63, 3.8) is 0 Å². The van der Waals surface area contributed by atoms with E-state index in [4.69, 9.17) is 18.9 Å². The minimum absolute atomic E-state index is 0.216. The van der Waals surface area contributed by atoms with Gasteiger partial charge < -0.3 is 39.4 Å². The number of carbonyl (C=O) groups is 2. The zero-order valence-electron chi connectivity index (χ0n) is 32.4. The number of unbranched alkanes of at least 4 members (excludes halogenated alkanes) is 21. The number of hydrogen-bond acceptors (Lipinski definition) is 10. The Morgan fingerprint density at radius 3 is 1.57 bits per heavy atom. The van der Waals surface area contributed by atoms with E-state index >= 15 is 0 Å². The van der Waals surface area contributed by atoms with Crippen LogP contribution in [-0.2, 0) is 28.5 Å². The van der Waals surface area contributed by atoms with Gasteiger partial charge in [0.05, 0.1) is 13.2 Å². The van der Waals surface area contributed by atoms with E-state index < -0.39 is 49.4 Å². The number of carbonyl (C=O) groups excluding carboxylic acids is 2. The zero-order chi connectivity index (χ0) is 37.4. The molecule has 0 radical (unpaired) electrons. The first-order valence-electron chi connectivity index (χ1n) is 20.8. The minimum atomic E-state index is -1.59. The molecule has 6 unspecified atom stereocenters. The van der Waals surface area contributed by atoms with E-state index in [1.165, 1.54) is 89.9 Å². The molecule has 1 fully saturated rings. The lowest BCUT2D eigenvalue weighted by atomic mass is 9.99. The molecule has 0 aromatic carbocycles. The lowest BCUT2D eigenvalue weighted by molar-refractivity contribution is -0.305. The van der Waals surface area contributed by atoms with Gasteiger partial charge >= 0.3 is 11.9 Å². The van der Waals surface area contributed by atoms with Crippen LogP contribution in [0.2, 0.25) is 0 Å². The Kier molecular flexibility index (Phi) is 30.7. The predicted octanol–water partition coefficient (Wildman–Crippen LogP) is 8.00. The van der Waals surface area contributed by atoms with Crippen molar-refractivity contribution in [1.29, 1.82) is 0 Å². The summed E-state index contributed by atoms with van der Waals surface area (Å²) in [4.78, 5) is 25.2. The normalized spacial score (nSPS) is 21.3. The van der Waals surface area contributed by atoms with Crippen LogP contribution in [0, 0.1) is 0 Å². The second-order valence-electron chi connectivity index (χ2n) is 14.4. The summed E-state index contributed by atoms with van der Waals surface area (Å²) in [6, 6.07) is 0. The highest BCUT2D eigenvalue weighted by Gasteiger charge is 2.44. The Bertz CT molecular complexity index is 850. The van der Waals surface area contributed by atoms with Crippen LogP contribution in [0.1, 0.15) is 181 Å². The first-order valence-corrected chi connectivity index (χ1v) is 20.8. The monoisotopic (exact) mass is 729 g/mol. The van der Waals surface area contributed by atoms with Crippen LogP contribution in [0.5, 0.6) is 0 Å². The SMILES string of the molecule is CCCCC/C=C\CCCCCCCC(=O)OC(COC(=O)CCCCCCCCCCCCCCCC)COC1OC(CO)C(O)C(O)C1O. The summed E-state index contributed by atoms with van der Waals surface area (Å²) in [6.07, 6.45) is 25.0. The van der Waals surface area contributed by atoms with E-state index in [-0.39, 0.29) is 32.0 Å². The number of aliphatic hydroxyl groups is 4.